The first-order valence-corrected chi connectivity index (χ1v) is 15.5. The molecule has 7 rings (SSSR count). The Hall–Kier alpha value is -4.52. The molecule has 0 spiro atoms. The van der Waals surface area contributed by atoms with Crippen LogP contribution in [-0.2, 0) is 20.6 Å². The van der Waals surface area contributed by atoms with Gasteiger partial charge >= 0.3 is 7.12 Å². The summed E-state index contributed by atoms with van der Waals surface area (Å²) in [6.45, 7) is 11.1. The minimum Gasteiger partial charge on any atom is -0.497 e. The first kappa shape index (κ1) is 30.2. The highest BCUT2D eigenvalue weighted by atomic mass is 16.7. The summed E-state index contributed by atoms with van der Waals surface area (Å²) in [5.74, 6) is 0.803. The maximum atomic E-state index is 12.9. The molecule has 2 saturated heterocycles. The first-order chi connectivity index (χ1) is 22.1. The molecule has 0 radical (unpaired) electrons. The predicted octanol–water partition coefficient (Wildman–Crippen LogP) is 4.11. The lowest BCUT2D eigenvalue weighted by atomic mass is 9.78. The van der Waals surface area contributed by atoms with Gasteiger partial charge in [0.05, 0.1) is 55.5 Å². The van der Waals surface area contributed by atoms with Crippen molar-refractivity contribution >= 4 is 29.4 Å². The number of amides is 1. The zero-order valence-corrected chi connectivity index (χ0v) is 26.8. The minimum atomic E-state index is -0.512. The molecule has 2 fully saturated rings. The van der Waals surface area contributed by atoms with Gasteiger partial charge in [-0.05, 0) is 81.2 Å². The Balaban J connectivity index is 1.22. The number of carbonyl (C=O) groups excluding carboxylic acids is 1. The van der Waals surface area contributed by atoms with Crippen LogP contribution in [0.15, 0.2) is 72.9 Å². The smallest absolute Gasteiger partial charge is 0.494 e. The van der Waals surface area contributed by atoms with E-state index in [-0.39, 0.29) is 5.91 Å². The number of morpholine rings is 1. The number of hydrogen-bond acceptors (Lipinski definition) is 8. The van der Waals surface area contributed by atoms with Crippen molar-refractivity contribution in [3.8, 4) is 22.8 Å². The first-order valence-electron chi connectivity index (χ1n) is 15.5. The van der Waals surface area contributed by atoms with E-state index in [0.717, 1.165) is 33.4 Å². The Bertz CT molecular complexity index is 1860. The van der Waals surface area contributed by atoms with E-state index in [1.165, 1.54) is 0 Å². The van der Waals surface area contributed by atoms with Crippen molar-refractivity contribution in [1.82, 2.24) is 29.7 Å². The molecule has 0 bridgehead atoms. The molecule has 11 nitrogen and oxygen atoms in total. The van der Waals surface area contributed by atoms with E-state index in [1.807, 2.05) is 98.1 Å². The van der Waals surface area contributed by atoms with Crippen LogP contribution in [0.4, 0.5) is 0 Å². The number of aromatic nitrogens is 5. The lowest BCUT2D eigenvalue weighted by Gasteiger charge is -2.32. The van der Waals surface area contributed by atoms with Crippen LogP contribution in [0.5, 0.6) is 5.75 Å². The SMILES string of the molecule is COc1ccc(Cn2nc(-c3cn(-c4ccc(C(=O)N5CCOCC5)cc4)nn3)c3cc(B4OC(C)(C)C(C)(C)O4)ccc32)cc1. The molecule has 12 heteroatoms. The van der Waals surface area contributed by atoms with E-state index in [1.54, 1.807) is 11.8 Å². The Morgan fingerprint density at radius 3 is 2.30 bits per heavy atom. The number of hydrogen-bond donors (Lipinski definition) is 0. The third-order valence-electron chi connectivity index (χ3n) is 9.20. The highest BCUT2D eigenvalue weighted by Crippen LogP contribution is 2.37. The summed E-state index contributed by atoms with van der Waals surface area (Å²) >= 11 is 0. The molecular formula is C34H37BN6O5. The van der Waals surface area contributed by atoms with Crippen molar-refractivity contribution in [2.75, 3.05) is 33.4 Å². The molecule has 3 aromatic carbocycles. The largest absolute Gasteiger partial charge is 0.497 e. The average Bonchev–Trinajstić information content (AvgIpc) is 3.75. The highest BCUT2D eigenvalue weighted by Gasteiger charge is 2.51. The van der Waals surface area contributed by atoms with Gasteiger partial charge in [-0.25, -0.2) is 4.68 Å². The molecule has 4 heterocycles. The molecule has 2 aliphatic heterocycles. The topological polar surface area (TPSA) is 106 Å². The van der Waals surface area contributed by atoms with Gasteiger partial charge in [-0.2, -0.15) is 5.10 Å². The number of nitrogens with zero attached hydrogens (tertiary/aromatic N) is 6. The molecular weight excluding hydrogens is 583 g/mol. The van der Waals surface area contributed by atoms with Crippen LogP contribution in [0.3, 0.4) is 0 Å². The maximum Gasteiger partial charge on any atom is 0.494 e. The van der Waals surface area contributed by atoms with Gasteiger partial charge in [0.15, 0.2) is 0 Å². The summed E-state index contributed by atoms with van der Waals surface area (Å²) in [6.07, 6.45) is 1.86. The number of rotatable bonds is 7. The monoisotopic (exact) mass is 620 g/mol. The minimum absolute atomic E-state index is 0.000741. The fourth-order valence-corrected chi connectivity index (χ4v) is 5.74. The van der Waals surface area contributed by atoms with Crippen LogP contribution in [0.25, 0.3) is 28.0 Å². The van der Waals surface area contributed by atoms with Crippen LogP contribution in [0, 0.1) is 0 Å². The summed E-state index contributed by atoms with van der Waals surface area (Å²) in [7, 11) is 1.15. The van der Waals surface area contributed by atoms with Crippen molar-refractivity contribution in [1.29, 1.82) is 0 Å². The van der Waals surface area contributed by atoms with Gasteiger partial charge in [0, 0.05) is 24.0 Å². The van der Waals surface area contributed by atoms with E-state index in [9.17, 15) is 4.79 Å². The fourth-order valence-electron chi connectivity index (χ4n) is 5.74. The lowest BCUT2D eigenvalue weighted by molar-refractivity contribution is 0.00578. The number of benzene rings is 3. The van der Waals surface area contributed by atoms with Crippen LogP contribution in [0.1, 0.15) is 43.6 Å². The van der Waals surface area contributed by atoms with E-state index < -0.39 is 18.3 Å². The summed E-state index contributed by atoms with van der Waals surface area (Å²) in [5, 5.41) is 14.9. The molecule has 0 atom stereocenters. The van der Waals surface area contributed by atoms with Crippen molar-refractivity contribution in [3.05, 3.63) is 84.1 Å². The Morgan fingerprint density at radius 2 is 1.63 bits per heavy atom. The van der Waals surface area contributed by atoms with E-state index in [4.69, 9.17) is 23.9 Å². The fraction of sp³-hybridized carbons (Fsp3) is 0.353. The molecule has 2 aromatic heterocycles. The molecule has 0 N–H and O–H groups in total. The summed E-state index contributed by atoms with van der Waals surface area (Å²) in [5.41, 5.74) is 4.77. The average molecular weight is 621 g/mol. The molecule has 46 heavy (non-hydrogen) atoms. The summed E-state index contributed by atoms with van der Waals surface area (Å²) in [4.78, 5) is 14.7. The van der Waals surface area contributed by atoms with Gasteiger partial charge in [0.25, 0.3) is 5.91 Å². The zero-order valence-electron chi connectivity index (χ0n) is 26.8. The van der Waals surface area contributed by atoms with Crippen LogP contribution < -0.4 is 10.2 Å². The van der Waals surface area contributed by atoms with Gasteiger partial charge in [0.1, 0.15) is 17.1 Å². The molecule has 236 valence electrons. The molecule has 0 aliphatic carbocycles. The van der Waals surface area contributed by atoms with Gasteiger partial charge in [-0.3, -0.25) is 9.48 Å². The van der Waals surface area contributed by atoms with Crippen LogP contribution >= 0.6 is 0 Å². The third kappa shape index (κ3) is 5.57. The van der Waals surface area contributed by atoms with Crippen molar-refractivity contribution in [2.24, 2.45) is 0 Å². The standard InChI is InChI=1S/C34H37BN6O5/c1-33(2)34(3,4)46-35(45-33)25-10-15-30-28(20-25)31(37-41(30)21-23-6-13-27(43-5)14-7-23)29-22-40(38-36-29)26-11-8-24(9-12-26)32(42)39-16-18-44-19-17-39/h6-15,20,22H,16-19,21H2,1-5H3. The Kier molecular flexibility index (Phi) is 7.66. The van der Waals surface area contributed by atoms with Crippen LogP contribution in [-0.4, -0.2) is 87.3 Å². The van der Waals surface area contributed by atoms with Crippen LogP contribution in [0.2, 0.25) is 0 Å². The van der Waals surface area contributed by atoms with Gasteiger partial charge < -0.3 is 23.7 Å². The lowest BCUT2D eigenvalue weighted by Crippen LogP contribution is -2.41. The highest BCUT2D eigenvalue weighted by molar-refractivity contribution is 6.62. The van der Waals surface area contributed by atoms with Crippen molar-refractivity contribution in [2.45, 2.75) is 45.4 Å². The summed E-state index contributed by atoms with van der Waals surface area (Å²) < 4.78 is 27.1. The maximum absolute atomic E-state index is 12.9. The second-order valence-corrected chi connectivity index (χ2v) is 12.7. The molecule has 1 amide bonds. The second kappa shape index (κ2) is 11.7. The Labute approximate surface area is 268 Å². The predicted molar refractivity (Wildman–Crippen MR) is 175 cm³/mol. The second-order valence-electron chi connectivity index (χ2n) is 12.7. The number of carbonyl (C=O) groups is 1. The number of methoxy groups -OCH3 is 1. The van der Waals surface area contributed by atoms with Crippen molar-refractivity contribution < 1.29 is 23.6 Å². The van der Waals surface area contributed by atoms with E-state index in [0.29, 0.717) is 49.8 Å². The van der Waals surface area contributed by atoms with Gasteiger partial charge in [-0.15, -0.1) is 5.10 Å². The quantitative estimate of drug-likeness (QED) is 0.251. The molecule has 0 unspecified atom stereocenters. The molecule has 2 aliphatic rings. The van der Waals surface area contributed by atoms with Crippen molar-refractivity contribution in [3.63, 3.8) is 0 Å². The third-order valence-corrected chi connectivity index (χ3v) is 9.20. The van der Waals surface area contributed by atoms with Gasteiger partial charge in [0.2, 0.25) is 0 Å². The summed E-state index contributed by atoms with van der Waals surface area (Å²) in [6, 6.07) is 21.5. The molecule has 0 saturated carbocycles. The normalized spacial score (nSPS) is 17.5. The Morgan fingerprint density at radius 1 is 0.935 bits per heavy atom. The number of ether oxygens (including phenoxy) is 2. The van der Waals surface area contributed by atoms with E-state index >= 15 is 0 Å². The van der Waals surface area contributed by atoms with Gasteiger partial charge in [-0.1, -0.05) is 29.5 Å². The van der Waals surface area contributed by atoms with E-state index in [2.05, 4.69) is 22.4 Å². The molecule has 5 aromatic rings. The number of fused-ring (bicyclic) bond motifs is 1. The zero-order chi connectivity index (χ0) is 32.1.